The number of carbonyl (C=O) groups excluding carboxylic acids is 1. The fourth-order valence-electron chi connectivity index (χ4n) is 1.34. The summed E-state index contributed by atoms with van der Waals surface area (Å²) < 4.78 is 0. The van der Waals surface area contributed by atoms with Crippen molar-refractivity contribution in [3.63, 3.8) is 0 Å². The fourth-order valence-corrected chi connectivity index (χ4v) is 1.34. The molecule has 0 aromatic rings. The minimum atomic E-state index is -0.201. The van der Waals surface area contributed by atoms with E-state index in [4.69, 9.17) is 6.42 Å². The third kappa shape index (κ3) is 4.73. The Bertz CT molecular complexity index is 268. The molecule has 1 saturated carbocycles. The summed E-state index contributed by atoms with van der Waals surface area (Å²) in [6, 6.07) is -0.0487. The maximum absolute atomic E-state index is 11.8. The molecule has 0 bridgehead atoms. The van der Waals surface area contributed by atoms with E-state index in [0.717, 1.165) is 6.54 Å². The maximum Gasteiger partial charge on any atom is 0.318 e. The van der Waals surface area contributed by atoms with Crippen LogP contribution >= 0.6 is 0 Å². The van der Waals surface area contributed by atoms with E-state index in [9.17, 15) is 4.79 Å². The molecule has 0 radical (unpaired) electrons. The van der Waals surface area contributed by atoms with Crippen molar-refractivity contribution in [2.75, 3.05) is 13.1 Å². The van der Waals surface area contributed by atoms with E-state index in [1.54, 1.807) is 4.90 Å². The molecule has 84 valence electrons. The van der Waals surface area contributed by atoms with E-state index < -0.39 is 0 Å². The first-order valence-electron chi connectivity index (χ1n) is 5.43. The Morgan fingerprint density at radius 2 is 2.13 bits per heavy atom. The summed E-state index contributed by atoms with van der Waals surface area (Å²) in [5, 5.41) is 2.93. The predicted octanol–water partition coefficient (Wildman–Crippen LogP) is 1.84. The first kappa shape index (κ1) is 11.9. The van der Waals surface area contributed by atoms with Gasteiger partial charge in [0.15, 0.2) is 0 Å². The quantitative estimate of drug-likeness (QED) is 0.705. The van der Waals surface area contributed by atoms with Crippen LogP contribution in [-0.2, 0) is 0 Å². The predicted molar refractivity (Wildman–Crippen MR) is 61.4 cm³/mol. The molecule has 2 amide bonds. The van der Waals surface area contributed by atoms with Crippen molar-refractivity contribution < 1.29 is 4.79 Å². The number of amides is 2. The van der Waals surface area contributed by atoms with Crippen LogP contribution in [0.4, 0.5) is 4.79 Å². The standard InChI is InChI=1S/C12H20N2O/c1-5-8-14(9-10-6-7-10)11(15)13-12(2,3)4/h1,10H,6-9H2,2-4H3,(H,13,15). The summed E-state index contributed by atoms with van der Waals surface area (Å²) in [4.78, 5) is 13.6. The van der Waals surface area contributed by atoms with Crippen LogP contribution in [0.5, 0.6) is 0 Å². The van der Waals surface area contributed by atoms with E-state index in [0.29, 0.717) is 12.5 Å². The van der Waals surface area contributed by atoms with Crippen molar-refractivity contribution in [2.45, 2.75) is 39.2 Å². The largest absolute Gasteiger partial charge is 0.333 e. The minimum absolute atomic E-state index is 0.0487. The molecule has 1 N–H and O–H groups in total. The van der Waals surface area contributed by atoms with E-state index >= 15 is 0 Å². The summed E-state index contributed by atoms with van der Waals surface area (Å²) in [5.41, 5.74) is -0.201. The van der Waals surface area contributed by atoms with Gasteiger partial charge in [-0.05, 0) is 39.5 Å². The van der Waals surface area contributed by atoms with Gasteiger partial charge >= 0.3 is 6.03 Å². The molecular weight excluding hydrogens is 188 g/mol. The van der Waals surface area contributed by atoms with Crippen LogP contribution in [0.25, 0.3) is 0 Å². The summed E-state index contributed by atoms with van der Waals surface area (Å²) in [5.74, 6) is 3.20. The van der Waals surface area contributed by atoms with Crippen LogP contribution < -0.4 is 5.32 Å². The monoisotopic (exact) mass is 208 g/mol. The second-order valence-corrected chi connectivity index (χ2v) is 5.21. The van der Waals surface area contributed by atoms with Gasteiger partial charge in [0, 0.05) is 12.1 Å². The molecule has 0 aromatic carbocycles. The lowest BCUT2D eigenvalue weighted by Gasteiger charge is -2.27. The highest BCUT2D eigenvalue weighted by Crippen LogP contribution is 2.29. The Balaban J connectivity index is 2.46. The SMILES string of the molecule is C#CCN(CC1CC1)C(=O)NC(C)(C)C. The Kier molecular flexibility index (Phi) is 3.62. The van der Waals surface area contributed by atoms with Crippen molar-refractivity contribution in [1.82, 2.24) is 10.2 Å². The molecule has 1 rings (SSSR count). The third-order valence-electron chi connectivity index (χ3n) is 2.23. The van der Waals surface area contributed by atoms with Gasteiger partial charge in [0.05, 0.1) is 6.54 Å². The van der Waals surface area contributed by atoms with Crippen molar-refractivity contribution >= 4 is 6.03 Å². The van der Waals surface area contributed by atoms with Gasteiger partial charge in [-0.25, -0.2) is 4.79 Å². The van der Waals surface area contributed by atoms with Gasteiger partial charge in [-0.1, -0.05) is 5.92 Å². The second-order valence-electron chi connectivity index (χ2n) is 5.21. The molecule has 0 atom stereocenters. The number of terminal acetylenes is 1. The lowest BCUT2D eigenvalue weighted by Crippen LogP contribution is -2.49. The zero-order chi connectivity index (χ0) is 11.5. The molecule has 0 unspecified atom stereocenters. The zero-order valence-electron chi connectivity index (χ0n) is 9.84. The maximum atomic E-state index is 11.8. The number of carbonyl (C=O) groups is 1. The van der Waals surface area contributed by atoms with Crippen LogP contribution in [0, 0.1) is 18.3 Å². The Labute approximate surface area is 92.2 Å². The Morgan fingerprint density at radius 3 is 2.53 bits per heavy atom. The van der Waals surface area contributed by atoms with Gasteiger partial charge < -0.3 is 10.2 Å². The van der Waals surface area contributed by atoms with Gasteiger partial charge in [0.25, 0.3) is 0 Å². The lowest BCUT2D eigenvalue weighted by atomic mass is 10.1. The van der Waals surface area contributed by atoms with Crippen molar-refractivity contribution in [3.8, 4) is 12.3 Å². The Hall–Kier alpha value is -1.17. The van der Waals surface area contributed by atoms with E-state index in [-0.39, 0.29) is 11.6 Å². The van der Waals surface area contributed by atoms with Crippen LogP contribution in [0.15, 0.2) is 0 Å². The molecular formula is C12H20N2O. The summed E-state index contributed by atoms with van der Waals surface area (Å²) in [7, 11) is 0. The van der Waals surface area contributed by atoms with Crippen LogP contribution in [0.1, 0.15) is 33.6 Å². The molecule has 0 heterocycles. The van der Waals surface area contributed by atoms with Crippen LogP contribution in [0.3, 0.4) is 0 Å². The highest BCUT2D eigenvalue weighted by Gasteiger charge is 2.27. The molecule has 3 heteroatoms. The van der Waals surface area contributed by atoms with Crippen molar-refractivity contribution in [3.05, 3.63) is 0 Å². The van der Waals surface area contributed by atoms with E-state index in [1.165, 1.54) is 12.8 Å². The van der Waals surface area contributed by atoms with Crippen molar-refractivity contribution in [2.24, 2.45) is 5.92 Å². The summed E-state index contributed by atoms with van der Waals surface area (Å²) in [6.07, 6.45) is 7.71. The van der Waals surface area contributed by atoms with Gasteiger partial charge in [-0.2, -0.15) is 0 Å². The normalized spacial score (nSPS) is 15.6. The highest BCUT2D eigenvalue weighted by atomic mass is 16.2. The highest BCUT2D eigenvalue weighted by molar-refractivity contribution is 5.75. The van der Waals surface area contributed by atoms with Gasteiger partial charge in [0.1, 0.15) is 0 Å². The van der Waals surface area contributed by atoms with Gasteiger partial charge in [-0.15, -0.1) is 6.42 Å². The van der Waals surface area contributed by atoms with Crippen LogP contribution in [-0.4, -0.2) is 29.6 Å². The zero-order valence-corrected chi connectivity index (χ0v) is 9.84. The fraction of sp³-hybridized carbons (Fsp3) is 0.750. The molecule has 0 aliphatic heterocycles. The molecule has 1 fully saturated rings. The Morgan fingerprint density at radius 1 is 1.53 bits per heavy atom. The van der Waals surface area contributed by atoms with E-state index in [2.05, 4.69) is 11.2 Å². The first-order valence-corrected chi connectivity index (χ1v) is 5.43. The second kappa shape index (κ2) is 4.57. The van der Waals surface area contributed by atoms with Crippen molar-refractivity contribution in [1.29, 1.82) is 0 Å². The topological polar surface area (TPSA) is 32.3 Å². The molecule has 3 nitrogen and oxygen atoms in total. The number of rotatable bonds is 3. The molecule has 1 aliphatic carbocycles. The third-order valence-corrected chi connectivity index (χ3v) is 2.23. The van der Waals surface area contributed by atoms with E-state index in [1.807, 2.05) is 20.8 Å². The first-order chi connectivity index (χ1) is 6.92. The smallest absolute Gasteiger partial charge is 0.318 e. The number of hydrogen-bond donors (Lipinski definition) is 1. The molecule has 1 aliphatic rings. The molecule has 0 aromatic heterocycles. The number of nitrogens with one attached hydrogen (secondary N) is 1. The number of urea groups is 1. The average Bonchev–Trinajstić information content (AvgIpc) is 2.84. The molecule has 0 spiro atoms. The molecule has 15 heavy (non-hydrogen) atoms. The summed E-state index contributed by atoms with van der Waals surface area (Å²) in [6.45, 7) is 7.10. The molecule has 0 saturated heterocycles. The van der Waals surface area contributed by atoms with Gasteiger partial charge in [-0.3, -0.25) is 0 Å². The summed E-state index contributed by atoms with van der Waals surface area (Å²) >= 11 is 0. The lowest BCUT2D eigenvalue weighted by molar-refractivity contribution is 0.192. The number of hydrogen-bond acceptors (Lipinski definition) is 1. The van der Waals surface area contributed by atoms with Crippen LogP contribution in [0.2, 0.25) is 0 Å². The number of nitrogens with zero attached hydrogens (tertiary/aromatic N) is 1. The van der Waals surface area contributed by atoms with Gasteiger partial charge in [0.2, 0.25) is 0 Å². The average molecular weight is 208 g/mol. The minimum Gasteiger partial charge on any atom is -0.333 e.